The van der Waals surface area contributed by atoms with Crippen LogP contribution >= 0.6 is 0 Å². The molecule has 4 bridgehead atoms. The van der Waals surface area contributed by atoms with Crippen molar-refractivity contribution < 1.29 is 11.0 Å². The Morgan fingerprint density at radius 3 is 1.57 bits per heavy atom. The third-order valence-corrected chi connectivity index (χ3v) is 20.4. The Kier molecular flexibility index (Phi) is 5.65. The second-order valence-corrected chi connectivity index (χ2v) is 22.1. The summed E-state index contributed by atoms with van der Waals surface area (Å²) >= 11 is 0. The smallest absolute Gasteiger partial charge is 0.179 e. The van der Waals surface area contributed by atoms with E-state index in [4.69, 9.17) is 5.48 Å². The minimum absolute atomic E-state index is 0.101. The van der Waals surface area contributed by atoms with E-state index in [1.807, 2.05) is 0 Å². The molecule has 0 radical (unpaired) electrons. The molecule has 4 fully saturated rings. The van der Waals surface area contributed by atoms with Crippen molar-refractivity contribution in [3.63, 3.8) is 0 Å². The maximum absolute atomic E-state index is 9.45. The van der Waals surface area contributed by atoms with Crippen LogP contribution in [0.3, 0.4) is 0 Å². The summed E-state index contributed by atoms with van der Waals surface area (Å²) in [5.41, 5.74) is 6.51. The van der Waals surface area contributed by atoms with Gasteiger partial charge in [-0.25, -0.2) is 0 Å². The van der Waals surface area contributed by atoms with E-state index in [1.54, 1.807) is 4.57 Å². The van der Waals surface area contributed by atoms with Crippen LogP contribution in [0.5, 0.6) is 0 Å². The quantitative estimate of drug-likeness (QED) is 0.121. The van der Waals surface area contributed by atoms with Gasteiger partial charge in [0.2, 0.25) is 0 Å². The van der Waals surface area contributed by atoms with E-state index in [0.29, 0.717) is 29.4 Å². The molecule has 3 heteroatoms. The highest BCUT2D eigenvalue weighted by Crippen LogP contribution is 2.68. The molecule has 4 aliphatic carbocycles. The zero-order valence-corrected chi connectivity index (χ0v) is 34.6. The van der Waals surface area contributed by atoms with Gasteiger partial charge in [0, 0.05) is 32.6 Å². The van der Waals surface area contributed by atoms with Crippen LogP contribution in [0.1, 0.15) is 54.2 Å². The zero-order chi connectivity index (χ0) is 46.8. The summed E-state index contributed by atoms with van der Waals surface area (Å²) < 4.78 is 76.9. The number of hydrogen-bond acceptors (Lipinski definition) is 0. The fourth-order valence-corrected chi connectivity index (χ4v) is 18.5. The molecule has 3 heterocycles. The van der Waals surface area contributed by atoms with E-state index in [1.165, 1.54) is 44.0 Å². The molecule has 292 valence electrons. The summed E-state index contributed by atoms with van der Waals surface area (Å²) in [4.78, 5) is 0. The fourth-order valence-electron chi connectivity index (χ4n) is 13.8. The van der Waals surface area contributed by atoms with Crippen molar-refractivity contribution in [2.45, 2.75) is 37.5 Å². The first-order chi connectivity index (χ1) is 33.5. The molecule has 10 aromatic rings. The number of aromatic nitrogens is 2. The van der Waals surface area contributed by atoms with E-state index in [-0.39, 0.29) is 46.0 Å². The maximum atomic E-state index is 9.45. The Hall–Kier alpha value is -6.42. The van der Waals surface area contributed by atoms with Crippen molar-refractivity contribution in [2.75, 3.05) is 0 Å². The van der Waals surface area contributed by atoms with Crippen molar-refractivity contribution in [2.24, 2.45) is 23.7 Å². The van der Waals surface area contributed by atoms with Crippen LogP contribution in [0.4, 0.5) is 0 Å². The second kappa shape index (κ2) is 12.6. The van der Waals surface area contributed by atoms with Gasteiger partial charge in [-0.3, -0.25) is 0 Å². The molecule has 0 atom stereocenters. The molecule has 0 N–H and O–H groups in total. The minimum atomic E-state index is -2.95. The highest BCUT2D eigenvalue weighted by Gasteiger charge is 2.61. The van der Waals surface area contributed by atoms with Gasteiger partial charge >= 0.3 is 0 Å². The van der Waals surface area contributed by atoms with Gasteiger partial charge in [-0.15, -0.1) is 0 Å². The summed E-state index contributed by atoms with van der Waals surface area (Å²) in [5, 5.41) is 7.52. The van der Waals surface area contributed by atoms with E-state index >= 15 is 0 Å². The average Bonchev–Trinajstić information content (AvgIpc) is 3.92. The number of nitrogens with zero attached hydrogens (tertiary/aromatic N) is 2. The molecule has 15 rings (SSSR count). The van der Waals surface area contributed by atoms with E-state index in [9.17, 15) is 5.48 Å². The molecule has 4 saturated carbocycles. The molecule has 1 spiro atoms. The van der Waals surface area contributed by atoms with Crippen molar-refractivity contribution in [1.29, 1.82) is 0 Å². The Morgan fingerprint density at radius 1 is 0.443 bits per heavy atom. The van der Waals surface area contributed by atoms with Crippen LogP contribution in [0, 0.1) is 23.7 Å². The standard InChI is InChI=1S/C58H46N2Si/c1-4-16-43(17-5-1)61(44-18-6-2-7-19-44,45-20-8-3-9-21-45)46-28-29-51-56(37-46)60-55-27-15-12-24-49(55)50-35-42(59-53-25-13-10-22-47(53)48-23-11-14-26-54(48)59)36-52(57(50)60)58(51)40-31-38-30-39(33-40)34-41(58)32-38/h1-29,35-41H,30-34H2/i10D,11D,13D,14D,22D,23D,25D,26D. The largest absolute Gasteiger partial charge is 0.309 e. The zero-order valence-electron chi connectivity index (χ0n) is 41.6. The van der Waals surface area contributed by atoms with Crippen molar-refractivity contribution in [1.82, 2.24) is 9.13 Å². The summed E-state index contributed by atoms with van der Waals surface area (Å²) in [6.07, 6.45) is 5.82. The highest BCUT2D eigenvalue weighted by molar-refractivity contribution is 7.19. The lowest BCUT2D eigenvalue weighted by molar-refractivity contribution is -0.0418. The van der Waals surface area contributed by atoms with Gasteiger partial charge in [0.25, 0.3) is 0 Å². The van der Waals surface area contributed by atoms with E-state index in [0.717, 1.165) is 47.5 Å². The molecule has 2 nitrogen and oxygen atoms in total. The summed E-state index contributed by atoms with van der Waals surface area (Å²) in [5.74, 6) is 2.06. The van der Waals surface area contributed by atoms with Gasteiger partial charge in [-0.05, 0) is 124 Å². The summed E-state index contributed by atoms with van der Waals surface area (Å²) in [6, 6.07) is 50.9. The van der Waals surface area contributed by atoms with Crippen LogP contribution in [0.15, 0.2) is 194 Å². The SMILES string of the molecule is [2H]c1c([2H])c([2H])c2c(c1[2H])c1c([2H])c([2H])c([2H])c([2H])c1n2-c1cc2c3c(c1)c1ccccc1n3-c1cc([Si](c3ccccc3)(c3ccccc3)c3ccccc3)ccc1C21C2CC3CC(C2)CC1C3. The molecule has 0 unspecified atom stereocenters. The van der Waals surface area contributed by atoms with Gasteiger partial charge in [-0.1, -0.05) is 158 Å². The fraction of sp³-hybridized carbons (Fsp3) is 0.172. The molecule has 0 saturated heterocycles. The first-order valence-electron chi connectivity index (χ1n) is 26.0. The lowest BCUT2D eigenvalue weighted by Crippen LogP contribution is -2.74. The van der Waals surface area contributed by atoms with Crippen LogP contribution in [-0.2, 0) is 5.41 Å². The van der Waals surface area contributed by atoms with Gasteiger partial charge in [0.1, 0.15) is 0 Å². The third-order valence-electron chi connectivity index (χ3n) is 15.7. The molecule has 0 amide bonds. The average molecular weight is 807 g/mol. The topological polar surface area (TPSA) is 9.86 Å². The number of fused-ring (bicyclic) bond motifs is 8. The molecule has 61 heavy (non-hydrogen) atoms. The minimum Gasteiger partial charge on any atom is -0.309 e. The first kappa shape index (κ1) is 27.4. The Balaban J connectivity index is 1.15. The lowest BCUT2D eigenvalue weighted by Gasteiger charge is -2.63. The van der Waals surface area contributed by atoms with Crippen molar-refractivity contribution in [3.8, 4) is 11.4 Å². The van der Waals surface area contributed by atoms with E-state index < -0.39 is 37.7 Å². The van der Waals surface area contributed by atoms with Gasteiger partial charge in [0.15, 0.2) is 8.07 Å². The highest BCUT2D eigenvalue weighted by atomic mass is 28.3. The third kappa shape index (κ3) is 4.42. The second-order valence-electron chi connectivity index (χ2n) is 18.3. The summed E-state index contributed by atoms with van der Waals surface area (Å²) in [7, 11) is -2.95. The first-order valence-corrected chi connectivity index (χ1v) is 24.0. The van der Waals surface area contributed by atoms with Gasteiger partial charge < -0.3 is 9.13 Å². The predicted molar refractivity (Wildman–Crippen MR) is 257 cm³/mol. The molecule has 5 aliphatic rings. The van der Waals surface area contributed by atoms with Crippen molar-refractivity contribution >= 4 is 72.4 Å². The Morgan fingerprint density at radius 2 is 0.984 bits per heavy atom. The number of benzene rings is 8. The molecule has 8 aromatic carbocycles. The normalized spacial score (nSPS) is 24.3. The van der Waals surface area contributed by atoms with Crippen LogP contribution in [-0.4, -0.2) is 17.2 Å². The molecular weight excluding hydrogens is 753 g/mol. The Bertz CT molecular complexity index is 3640. The van der Waals surface area contributed by atoms with Gasteiger partial charge in [0.05, 0.1) is 38.7 Å². The Labute approximate surface area is 369 Å². The van der Waals surface area contributed by atoms with Crippen LogP contribution in [0.2, 0.25) is 0 Å². The van der Waals surface area contributed by atoms with E-state index in [2.05, 4.69) is 150 Å². The molecular formula is C58H46N2Si. The lowest BCUT2D eigenvalue weighted by atomic mass is 9.41. The van der Waals surface area contributed by atoms with Crippen molar-refractivity contribution in [3.05, 3.63) is 205 Å². The number of rotatable bonds is 5. The number of hydrogen-bond donors (Lipinski definition) is 0. The number of para-hydroxylation sites is 3. The maximum Gasteiger partial charge on any atom is 0.179 e. The predicted octanol–water partition coefficient (Wildman–Crippen LogP) is 11.3. The van der Waals surface area contributed by atoms with Gasteiger partial charge in [-0.2, -0.15) is 0 Å². The van der Waals surface area contributed by atoms with Crippen LogP contribution < -0.4 is 20.7 Å². The monoisotopic (exact) mass is 806 g/mol. The molecule has 1 aliphatic heterocycles. The molecule has 2 aromatic heterocycles. The van der Waals surface area contributed by atoms with Crippen LogP contribution in [0.25, 0.3) is 55.0 Å². The summed E-state index contributed by atoms with van der Waals surface area (Å²) in [6.45, 7) is 0.